The van der Waals surface area contributed by atoms with Gasteiger partial charge in [0.2, 0.25) is 0 Å². The maximum absolute atomic E-state index is 4.44. The molecule has 0 bridgehead atoms. The zero-order valence-electron chi connectivity index (χ0n) is 8.67. The fourth-order valence-electron chi connectivity index (χ4n) is 2.01. The van der Waals surface area contributed by atoms with E-state index in [2.05, 4.69) is 40.4 Å². The minimum absolute atomic E-state index is 0.883. The summed E-state index contributed by atoms with van der Waals surface area (Å²) in [7, 11) is 0. The van der Waals surface area contributed by atoms with Crippen LogP contribution in [0.1, 0.15) is 11.1 Å². The van der Waals surface area contributed by atoms with Crippen LogP contribution in [0.4, 0.5) is 0 Å². The molecule has 0 radical (unpaired) electrons. The average Bonchev–Trinajstić information content (AvgIpc) is 2.83. The molecular formula is C12H13N3. The van der Waals surface area contributed by atoms with E-state index in [9.17, 15) is 0 Å². The quantitative estimate of drug-likeness (QED) is 0.722. The number of nitrogens with one attached hydrogen (secondary N) is 2. The van der Waals surface area contributed by atoms with E-state index in [1.54, 1.807) is 0 Å². The van der Waals surface area contributed by atoms with Gasteiger partial charge in [0.25, 0.3) is 0 Å². The fourth-order valence-corrected chi connectivity index (χ4v) is 2.01. The van der Waals surface area contributed by atoms with Crippen molar-refractivity contribution in [2.75, 3.05) is 13.1 Å². The van der Waals surface area contributed by atoms with E-state index in [0.717, 1.165) is 18.9 Å². The molecule has 0 spiro atoms. The molecule has 3 rings (SSSR count). The molecule has 1 aliphatic heterocycles. The highest BCUT2D eigenvalue weighted by atomic mass is 15.1. The summed E-state index contributed by atoms with van der Waals surface area (Å²) in [6, 6.07) is 6.43. The largest absolute Gasteiger partial charge is 0.368 e. The summed E-state index contributed by atoms with van der Waals surface area (Å²) in [6.45, 7) is 3.95. The summed E-state index contributed by atoms with van der Waals surface area (Å²) < 4.78 is 0. The lowest BCUT2D eigenvalue weighted by Crippen LogP contribution is -2.18. The molecule has 2 N–H and O–H groups in total. The molecule has 1 aromatic heterocycles. The second-order valence-electron chi connectivity index (χ2n) is 3.91. The molecule has 15 heavy (non-hydrogen) atoms. The number of aromatic amines is 1. The number of aliphatic imine (C=N–C) groups is 1. The molecule has 0 amide bonds. The number of benzene rings is 1. The van der Waals surface area contributed by atoms with Crippen molar-refractivity contribution >= 4 is 16.7 Å². The number of hydrogen-bond acceptors (Lipinski definition) is 2. The predicted octanol–water partition coefficient (Wildman–Crippen LogP) is 1.83. The van der Waals surface area contributed by atoms with Crippen LogP contribution in [0.15, 0.2) is 29.4 Å². The highest BCUT2D eigenvalue weighted by Gasteiger charge is 2.12. The Morgan fingerprint density at radius 2 is 2.27 bits per heavy atom. The summed E-state index contributed by atoms with van der Waals surface area (Å²) in [6.07, 6.45) is 2.03. The third-order valence-electron chi connectivity index (χ3n) is 2.77. The van der Waals surface area contributed by atoms with Crippen molar-refractivity contribution in [2.24, 2.45) is 4.99 Å². The molecule has 2 heterocycles. The Kier molecular flexibility index (Phi) is 1.78. The van der Waals surface area contributed by atoms with Crippen molar-refractivity contribution in [3.63, 3.8) is 0 Å². The first-order chi connectivity index (χ1) is 7.34. The number of H-pyrrole nitrogens is 1. The van der Waals surface area contributed by atoms with Gasteiger partial charge in [-0.05, 0) is 19.1 Å². The summed E-state index contributed by atoms with van der Waals surface area (Å²) in [5, 5.41) is 4.55. The van der Waals surface area contributed by atoms with E-state index < -0.39 is 0 Å². The maximum Gasteiger partial charge on any atom is 0.130 e. The number of aromatic nitrogens is 1. The first-order valence-corrected chi connectivity index (χ1v) is 5.21. The van der Waals surface area contributed by atoms with Crippen LogP contribution in [0.3, 0.4) is 0 Å². The highest BCUT2D eigenvalue weighted by molar-refractivity contribution is 6.10. The highest BCUT2D eigenvalue weighted by Crippen LogP contribution is 2.20. The SMILES string of the molecule is Cc1ccc2[nH]cc(C3=NCCN3)c2c1. The first-order valence-electron chi connectivity index (χ1n) is 5.21. The molecule has 2 aromatic rings. The summed E-state index contributed by atoms with van der Waals surface area (Å²) in [5.74, 6) is 1.02. The third-order valence-corrected chi connectivity index (χ3v) is 2.77. The molecule has 0 saturated heterocycles. The van der Waals surface area contributed by atoms with Crippen molar-refractivity contribution in [1.29, 1.82) is 0 Å². The maximum atomic E-state index is 4.44. The second kappa shape index (κ2) is 3.12. The van der Waals surface area contributed by atoms with Crippen LogP contribution in [0, 0.1) is 6.92 Å². The van der Waals surface area contributed by atoms with Crippen LogP contribution < -0.4 is 5.32 Å². The van der Waals surface area contributed by atoms with Gasteiger partial charge in [-0.15, -0.1) is 0 Å². The van der Waals surface area contributed by atoms with E-state index >= 15 is 0 Å². The van der Waals surface area contributed by atoms with Crippen molar-refractivity contribution in [2.45, 2.75) is 6.92 Å². The number of nitrogens with zero attached hydrogens (tertiary/aromatic N) is 1. The topological polar surface area (TPSA) is 40.2 Å². The molecule has 0 saturated carbocycles. The molecule has 1 aliphatic rings. The van der Waals surface area contributed by atoms with Crippen LogP contribution in [-0.2, 0) is 0 Å². The molecular weight excluding hydrogens is 186 g/mol. The Balaban J connectivity index is 2.22. The minimum Gasteiger partial charge on any atom is -0.368 e. The fraction of sp³-hybridized carbons (Fsp3) is 0.250. The molecule has 3 nitrogen and oxygen atoms in total. The Morgan fingerprint density at radius 3 is 3.07 bits per heavy atom. The zero-order chi connectivity index (χ0) is 10.3. The number of amidine groups is 1. The lowest BCUT2D eigenvalue weighted by atomic mass is 10.1. The summed E-state index contributed by atoms with van der Waals surface area (Å²) in [5.41, 5.74) is 3.64. The Morgan fingerprint density at radius 1 is 1.33 bits per heavy atom. The second-order valence-corrected chi connectivity index (χ2v) is 3.91. The molecule has 0 unspecified atom stereocenters. The normalized spacial score (nSPS) is 15.4. The number of fused-ring (bicyclic) bond motifs is 1. The van der Waals surface area contributed by atoms with Gasteiger partial charge >= 0.3 is 0 Å². The molecule has 76 valence electrons. The molecule has 3 heteroatoms. The van der Waals surface area contributed by atoms with Gasteiger partial charge in [0, 0.05) is 29.2 Å². The number of aryl methyl sites for hydroxylation is 1. The summed E-state index contributed by atoms with van der Waals surface area (Å²) in [4.78, 5) is 7.71. The van der Waals surface area contributed by atoms with Gasteiger partial charge in [-0.3, -0.25) is 4.99 Å². The lowest BCUT2D eigenvalue weighted by molar-refractivity contribution is 0.960. The first kappa shape index (κ1) is 8.53. The van der Waals surface area contributed by atoms with Crippen molar-refractivity contribution in [3.8, 4) is 0 Å². The van der Waals surface area contributed by atoms with Gasteiger partial charge < -0.3 is 10.3 Å². The Bertz CT molecular complexity index is 537. The van der Waals surface area contributed by atoms with Gasteiger partial charge in [-0.2, -0.15) is 0 Å². The predicted molar refractivity (Wildman–Crippen MR) is 62.4 cm³/mol. The van der Waals surface area contributed by atoms with E-state index in [-0.39, 0.29) is 0 Å². The Labute approximate surface area is 88.2 Å². The van der Waals surface area contributed by atoms with Gasteiger partial charge in [0.15, 0.2) is 0 Å². The van der Waals surface area contributed by atoms with Gasteiger partial charge in [-0.1, -0.05) is 11.6 Å². The van der Waals surface area contributed by atoms with Crippen LogP contribution in [-0.4, -0.2) is 23.9 Å². The smallest absolute Gasteiger partial charge is 0.130 e. The monoisotopic (exact) mass is 199 g/mol. The van der Waals surface area contributed by atoms with Crippen molar-refractivity contribution < 1.29 is 0 Å². The lowest BCUT2D eigenvalue weighted by Gasteiger charge is -2.00. The molecule has 0 fully saturated rings. The molecule has 0 aliphatic carbocycles. The van der Waals surface area contributed by atoms with Crippen LogP contribution in [0.2, 0.25) is 0 Å². The van der Waals surface area contributed by atoms with E-state index in [0.29, 0.717) is 0 Å². The average molecular weight is 199 g/mol. The van der Waals surface area contributed by atoms with Crippen molar-refractivity contribution in [3.05, 3.63) is 35.5 Å². The van der Waals surface area contributed by atoms with Crippen LogP contribution in [0.5, 0.6) is 0 Å². The minimum atomic E-state index is 0.883. The van der Waals surface area contributed by atoms with Gasteiger partial charge in [0.05, 0.1) is 6.54 Å². The molecule has 0 atom stereocenters. The van der Waals surface area contributed by atoms with Gasteiger partial charge in [-0.25, -0.2) is 0 Å². The van der Waals surface area contributed by atoms with E-state index in [1.165, 1.54) is 22.0 Å². The number of rotatable bonds is 1. The molecule has 1 aromatic carbocycles. The zero-order valence-corrected chi connectivity index (χ0v) is 8.67. The van der Waals surface area contributed by atoms with Gasteiger partial charge in [0.1, 0.15) is 5.84 Å². The van der Waals surface area contributed by atoms with E-state index in [1.807, 2.05) is 6.20 Å². The van der Waals surface area contributed by atoms with Crippen molar-refractivity contribution in [1.82, 2.24) is 10.3 Å². The Hall–Kier alpha value is -1.77. The summed E-state index contributed by atoms with van der Waals surface area (Å²) >= 11 is 0. The van der Waals surface area contributed by atoms with E-state index in [4.69, 9.17) is 0 Å². The number of hydrogen-bond donors (Lipinski definition) is 2. The standard InChI is InChI=1S/C12H13N3/c1-8-2-3-11-9(6-8)10(7-15-11)12-13-4-5-14-12/h2-3,6-7,15H,4-5H2,1H3,(H,13,14). The van der Waals surface area contributed by atoms with Crippen LogP contribution >= 0.6 is 0 Å². The van der Waals surface area contributed by atoms with Crippen LogP contribution in [0.25, 0.3) is 10.9 Å². The third kappa shape index (κ3) is 1.31.